The molecule has 1 aliphatic heterocycles. The van der Waals surface area contributed by atoms with Gasteiger partial charge in [0.1, 0.15) is 22.7 Å². The number of hydrogen-bond acceptors (Lipinski definition) is 5. The van der Waals surface area contributed by atoms with E-state index in [1.165, 1.54) is 6.07 Å². The van der Waals surface area contributed by atoms with Crippen molar-refractivity contribution in [2.45, 2.75) is 38.8 Å². The largest absolute Gasteiger partial charge is 0.491 e. The van der Waals surface area contributed by atoms with E-state index in [1.807, 2.05) is 24.8 Å². The normalized spacial score (nSPS) is 14.8. The molecule has 4 rings (SSSR count). The van der Waals surface area contributed by atoms with E-state index in [0.29, 0.717) is 48.3 Å². The lowest BCUT2D eigenvalue weighted by Crippen LogP contribution is -2.45. The second-order valence-electron chi connectivity index (χ2n) is 8.00. The highest BCUT2D eigenvalue weighted by molar-refractivity contribution is 5.96. The number of amides is 1. The van der Waals surface area contributed by atoms with E-state index < -0.39 is 11.5 Å². The number of piperidine rings is 1. The van der Waals surface area contributed by atoms with E-state index in [0.717, 1.165) is 0 Å². The maximum Gasteiger partial charge on any atom is 0.349 e. The molecule has 1 saturated heterocycles. The van der Waals surface area contributed by atoms with Gasteiger partial charge in [-0.15, -0.1) is 0 Å². The number of para-hydroxylation sites is 1. The third kappa shape index (κ3) is 4.71. The summed E-state index contributed by atoms with van der Waals surface area (Å²) in [4.78, 5) is 27.1. The van der Waals surface area contributed by atoms with Crippen molar-refractivity contribution < 1.29 is 18.3 Å². The second-order valence-corrected chi connectivity index (χ2v) is 8.00. The van der Waals surface area contributed by atoms with Crippen molar-refractivity contribution in [2.75, 3.05) is 18.0 Å². The Morgan fingerprint density at radius 3 is 2.61 bits per heavy atom. The van der Waals surface area contributed by atoms with Gasteiger partial charge >= 0.3 is 5.63 Å². The molecule has 0 saturated carbocycles. The molecule has 0 unspecified atom stereocenters. The van der Waals surface area contributed by atoms with Crippen molar-refractivity contribution in [3.05, 3.63) is 70.3 Å². The summed E-state index contributed by atoms with van der Waals surface area (Å²) in [6.45, 7) is 5.07. The number of carbonyl (C=O) groups excluding carboxylic acids is 1. The Morgan fingerprint density at radius 1 is 1.16 bits per heavy atom. The Labute approximate surface area is 179 Å². The molecule has 162 valence electrons. The number of rotatable bonds is 5. The van der Waals surface area contributed by atoms with Gasteiger partial charge in [-0.05, 0) is 57.0 Å². The zero-order valence-electron chi connectivity index (χ0n) is 17.6. The summed E-state index contributed by atoms with van der Waals surface area (Å²) in [5.74, 6) is -0.104. The van der Waals surface area contributed by atoms with Crippen LogP contribution >= 0.6 is 0 Å². The number of ether oxygens (including phenoxy) is 1. The highest BCUT2D eigenvalue weighted by Crippen LogP contribution is 2.24. The van der Waals surface area contributed by atoms with Crippen LogP contribution in [0.3, 0.4) is 0 Å². The van der Waals surface area contributed by atoms with E-state index in [1.54, 1.807) is 36.4 Å². The second kappa shape index (κ2) is 8.79. The Bertz CT molecular complexity index is 1150. The van der Waals surface area contributed by atoms with Crippen molar-refractivity contribution in [2.24, 2.45) is 0 Å². The van der Waals surface area contributed by atoms with Crippen molar-refractivity contribution in [1.82, 2.24) is 5.32 Å². The third-order valence-electron chi connectivity index (χ3n) is 5.35. The van der Waals surface area contributed by atoms with Gasteiger partial charge in [-0.3, -0.25) is 4.79 Å². The highest BCUT2D eigenvalue weighted by atomic mass is 19.1. The number of nitrogens with zero attached hydrogens (tertiary/aromatic N) is 1. The van der Waals surface area contributed by atoms with Crippen molar-refractivity contribution in [3.8, 4) is 5.75 Å². The van der Waals surface area contributed by atoms with Crippen LogP contribution in [0.25, 0.3) is 11.0 Å². The molecular formula is C24H25FN2O4. The Kier molecular flexibility index (Phi) is 5.93. The van der Waals surface area contributed by atoms with Crippen LogP contribution in [0.15, 0.2) is 57.7 Å². The van der Waals surface area contributed by atoms with Gasteiger partial charge in [-0.25, -0.2) is 9.18 Å². The lowest BCUT2D eigenvalue weighted by Gasteiger charge is -2.34. The predicted octanol–water partition coefficient (Wildman–Crippen LogP) is 4.12. The molecule has 1 N–H and O–H groups in total. The van der Waals surface area contributed by atoms with Gasteiger partial charge in [0.2, 0.25) is 0 Å². The molecule has 7 heteroatoms. The van der Waals surface area contributed by atoms with Crippen LogP contribution in [0, 0.1) is 5.82 Å². The topological polar surface area (TPSA) is 71.8 Å². The molecule has 3 aromatic rings. The van der Waals surface area contributed by atoms with Gasteiger partial charge in [-0.2, -0.15) is 0 Å². The van der Waals surface area contributed by atoms with Crippen LogP contribution in [0.1, 0.15) is 37.0 Å². The molecule has 31 heavy (non-hydrogen) atoms. The summed E-state index contributed by atoms with van der Waals surface area (Å²) in [5.41, 5.74) is 0.234. The monoisotopic (exact) mass is 424 g/mol. The Hall–Kier alpha value is -3.35. The first-order valence-corrected chi connectivity index (χ1v) is 10.5. The summed E-state index contributed by atoms with van der Waals surface area (Å²) in [6, 6.07) is 13.3. The number of benzene rings is 2. The maximum absolute atomic E-state index is 14.0. The molecule has 0 bridgehead atoms. The summed E-state index contributed by atoms with van der Waals surface area (Å²) in [5, 5.41) is 3.57. The van der Waals surface area contributed by atoms with E-state index in [9.17, 15) is 14.0 Å². The van der Waals surface area contributed by atoms with Crippen molar-refractivity contribution in [1.29, 1.82) is 0 Å². The molecule has 1 aromatic heterocycles. The van der Waals surface area contributed by atoms with E-state index in [4.69, 9.17) is 9.15 Å². The third-order valence-corrected chi connectivity index (χ3v) is 5.35. The first kappa shape index (κ1) is 20.9. The smallest absolute Gasteiger partial charge is 0.349 e. The molecule has 2 heterocycles. The summed E-state index contributed by atoms with van der Waals surface area (Å²) in [7, 11) is 0. The molecule has 0 spiro atoms. The van der Waals surface area contributed by atoms with Crippen LogP contribution in [-0.2, 0) is 0 Å². The lowest BCUT2D eigenvalue weighted by atomic mass is 10.0. The van der Waals surface area contributed by atoms with Crippen LogP contribution in [0.4, 0.5) is 10.1 Å². The van der Waals surface area contributed by atoms with Crippen LogP contribution in [0.5, 0.6) is 5.75 Å². The molecule has 0 radical (unpaired) electrons. The SMILES string of the molecule is CC(C)Oc1ccc2cc(C(=O)NC3CCN(c4ccccc4F)CC3)c(=O)oc2c1. The number of carbonyl (C=O) groups is 1. The first-order valence-electron chi connectivity index (χ1n) is 10.5. The van der Waals surface area contributed by atoms with E-state index >= 15 is 0 Å². The zero-order chi connectivity index (χ0) is 22.0. The van der Waals surface area contributed by atoms with Crippen molar-refractivity contribution >= 4 is 22.6 Å². The number of halogens is 1. The molecule has 0 atom stereocenters. The van der Waals surface area contributed by atoms with E-state index in [2.05, 4.69) is 5.32 Å². The van der Waals surface area contributed by atoms with Crippen LogP contribution in [-0.4, -0.2) is 31.1 Å². The summed E-state index contributed by atoms with van der Waals surface area (Å²) in [6.07, 6.45) is 1.32. The quantitative estimate of drug-likeness (QED) is 0.624. The predicted molar refractivity (Wildman–Crippen MR) is 117 cm³/mol. The van der Waals surface area contributed by atoms with Gasteiger partial charge < -0.3 is 19.4 Å². The number of fused-ring (bicyclic) bond motifs is 1. The Balaban J connectivity index is 1.43. The molecule has 1 amide bonds. The molecule has 0 aliphatic carbocycles. The average Bonchev–Trinajstić information content (AvgIpc) is 2.74. The van der Waals surface area contributed by atoms with Gasteiger partial charge in [-0.1, -0.05) is 12.1 Å². The molecule has 1 fully saturated rings. The van der Waals surface area contributed by atoms with Crippen LogP contribution < -0.4 is 20.6 Å². The highest BCUT2D eigenvalue weighted by Gasteiger charge is 2.24. The Morgan fingerprint density at radius 2 is 1.90 bits per heavy atom. The maximum atomic E-state index is 14.0. The fourth-order valence-corrected chi connectivity index (χ4v) is 3.83. The molecular weight excluding hydrogens is 399 g/mol. The number of hydrogen-bond donors (Lipinski definition) is 1. The van der Waals surface area contributed by atoms with E-state index in [-0.39, 0.29) is 23.5 Å². The van der Waals surface area contributed by atoms with Crippen molar-refractivity contribution in [3.63, 3.8) is 0 Å². The van der Waals surface area contributed by atoms with Gasteiger partial charge in [0.15, 0.2) is 0 Å². The molecule has 6 nitrogen and oxygen atoms in total. The average molecular weight is 424 g/mol. The minimum Gasteiger partial charge on any atom is -0.491 e. The molecule has 2 aromatic carbocycles. The minimum atomic E-state index is -0.685. The minimum absolute atomic E-state index is 0.000904. The molecule has 1 aliphatic rings. The zero-order valence-corrected chi connectivity index (χ0v) is 17.6. The summed E-state index contributed by atoms with van der Waals surface area (Å²) >= 11 is 0. The van der Waals surface area contributed by atoms with Crippen LogP contribution in [0.2, 0.25) is 0 Å². The summed E-state index contributed by atoms with van der Waals surface area (Å²) < 4.78 is 25.0. The fraction of sp³-hybridized carbons (Fsp3) is 0.333. The lowest BCUT2D eigenvalue weighted by molar-refractivity contribution is 0.0927. The van der Waals surface area contributed by atoms with Gasteiger partial charge in [0, 0.05) is 30.6 Å². The number of anilines is 1. The van der Waals surface area contributed by atoms with Gasteiger partial charge in [0.05, 0.1) is 11.8 Å². The van der Waals surface area contributed by atoms with Gasteiger partial charge in [0.25, 0.3) is 5.91 Å². The number of nitrogens with one attached hydrogen (secondary N) is 1. The first-order chi connectivity index (χ1) is 14.9. The standard InChI is InChI=1S/C24H25FN2O4/c1-15(2)30-18-8-7-16-13-19(24(29)31-22(16)14-18)23(28)26-17-9-11-27(12-10-17)21-6-4-3-5-20(21)25/h3-8,13-15,17H,9-12H2,1-2H3,(H,26,28). The fourth-order valence-electron chi connectivity index (χ4n) is 3.83.